The molecule has 2 aromatic rings. The topological polar surface area (TPSA) is 19.4 Å². The number of nitrogens with zero attached hydrogens (tertiary/aromatic N) is 3. The molecule has 0 amide bonds. The summed E-state index contributed by atoms with van der Waals surface area (Å²) in [5, 5.41) is 0. The molecule has 4 heteroatoms. The minimum atomic E-state index is 0.498. The molecule has 1 aliphatic rings. The number of aryl methyl sites for hydroxylation is 1. The van der Waals surface area contributed by atoms with Gasteiger partial charge in [-0.3, -0.25) is 9.80 Å². The summed E-state index contributed by atoms with van der Waals surface area (Å²) in [6, 6.07) is 11.3. The molecule has 0 spiro atoms. The van der Waals surface area contributed by atoms with Gasteiger partial charge in [-0.25, -0.2) is 4.98 Å². The van der Waals surface area contributed by atoms with Crippen LogP contribution in [0.25, 0.3) is 0 Å². The van der Waals surface area contributed by atoms with E-state index in [2.05, 4.69) is 59.1 Å². The molecular formula is C16H21N3S. The van der Waals surface area contributed by atoms with Gasteiger partial charge >= 0.3 is 0 Å². The fourth-order valence-corrected chi connectivity index (χ4v) is 3.61. The average molecular weight is 287 g/mol. The fraction of sp³-hybridized carbons (Fsp3) is 0.438. The number of thiazole rings is 1. The molecule has 0 unspecified atom stereocenters. The van der Waals surface area contributed by atoms with Crippen molar-refractivity contribution < 1.29 is 0 Å². The van der Waals surface area contributed by atoms with Crippen LogP contribution in [-0.2, 0) is 6.54 Å². The highest BCUT2D eigenvalue weighted by molar-refractivity contribution is 7.09. The second-order valence-electron chi connectivity index (χ2n) is 5.50. The van der Waals surface area contributed by atoms with Crippen molar-refractivity contribution in [2.45, 2.75) is 19.5 Å². The lowest BCUT2D eigenvalue weighted by molar-refractivity contribution is 0.0910. The van der Waals surface area contributed by atoms with Crippen LogP contribution in [0.5, 0.6) is 0 Å². The number of likely N-dealkylation sites (N-methyl/N-ethyl adjacent to an activating group) is 1. The van der Waals surface area contributed by atoms with Gasteiger partial charge in [-0.15, -0.1) is 11.3 Å². The summed E-state index contributed by atoms with van der Waals surface area (Å²) < 4.78 is 0. The third-order valence-corrected chi connectivity index (χ3v) is 5.05. The molecule has 1 atom stereocenters. The SMILES string of the molecule is Cc1ncsc1CN1CCN(C)[C@@H](c2ccccc2)C1. The van der Waals surface area contributed by atoms with Crippen molar-refractivity contribution >= 4 is 11.3 Å². The molecule has 20 heavy (non-hydrogen) atoms. The zero-order valence-electron chi connectivity index (χ0n) is 12.1. The molecule has 1 aromatic carbocycles. The highest BCUT2D eigenvalue weighted by Crippen LogP contribution is 2.25. The van der Waals surface area contributed by atoms with E-state index in [-0.39, 0.29) is 0 Å². The first kappa shape index (κ1) is 13.7. The van der Waals surface area contributed by atoms with Gasteiger partial charge in [0.2, 0.25) is 0 Å². The van der Waals surface area contributed by atoms with E-state index in [1.807, 2.05) is 5.51 Å². The molecule has 0 radical (unpaired) electrons. The summed E-state index contributed by atoms with van der Waals surface area (Å²) in [5.41, 5.74) is 4.56. The number of aromatic nitrogens is 1. The Hall–Kier alpha value is -1.23. The highest BCUT2D eigenvalue weighted by Gasteiger charge is 2.25. The lowest BCUT2D eigenvalue weighted by Crippen LogP contribution is -2.46. The minimum absolute atomic E-state index is 0.498. The molecule has 2 heterocycles. The predicted molar refractivity (Wildman–Crippen MR) is 83.9 cm³/mol. The molecular weight excluding hydrogens is 266 g/mol. The van der Waals surface area contributed by atoms with Crippen molar-refractivity contribution in [2.75, 3.05) is 26.7 Å². The molecule has 1 aliphatic heterocycles. The van der Waals surface area contributed by atoms with Crippen molar-refractivity contribution in [3.05, 3.63) is 52.0 Å². The summed E-state index contributed by atoms with van der Waals surface area (Å²) in [6.07, 6.45) is 0. The van der Waals surface area contributed by atoms with Gasteiger partial charge < -0.3 is 0 Å². The largest absolute Gasteiger partial charge is 0.297 e. The predicted octanol–water partition coefficient (Wildman–Crippen LogP) is 2.94. The van der Waals surface area contributed by atoms with Crippen LogP contribution in [0.3, 0.4) is 0 Å². The van der Waals surface area contributed by atoms with Crippen LogP contribution >= 0.6 is 11.3 Å². The number of piperazine rings is 1. The van der Waals surface area contributed by atoms with Gasteiger partial charge in [-0.1, -0.05) is 30.3 Å². The van der Waals surface area contributed by atoms with Gasteiger partial charge in [-0.05, 0) is 19.5 Å². The van der Waals surface area contributed by atoms with Crippen molar-refractivity contribution in [1.29, 1.82) is 0 Å². The Bertz CT molecular complexity index is 552. The number of benzene rings is 1. The van der Waals surface area contributed by atoms with Crippen LogP contribution in [-0.4, -0.2) is 41.5 Å². The monoisotopic (exact) mass is 287 g/mol. The van der Waals surface area contributed by atoms with E-state index in [0.717, 1.165) is 26.2 Å². The van der Waals surface area contributed by atoms with E-state index in [1.165, 1.54) is 16.1 Å². The van der Waals surface area contributed by atoms with Crippen LogP contribution in [0.15, 0.2) is 35.8 Å². The van der Waals surface area contributed by atoms with E-state index in [1.54, 1.807) is 11.3 Å². The molecule has 0 aliphatic carbocycles. The molecule has 3 nitrogen and oxygen atoms in total. The second kappa shape index (κ2) is 6.04. The van der Waals surface area contributed by atoms with Crippen LogP contribution in [0.2, 0.25) is 0 Å². The van der Waals surface area contributed by atoms with Gasteiger partial charge in [0.25, 0.3) is 0 Å². The second-order valence-corrected chi connectivity index (χ2v) is 6.44. The minimum Gasteiger partial charge on any atom is -0.297 e. The third-order valence-electron chi connectivity index (χ3n) is 4.13. The van der Waals surface area contributed by atoms with Gasteiger partial charge in [0.05, 0.1) is 11.2 Å². The van der Waals surface area contributed by atoms with Crippen LogP contribution in [0, 0.1) is 6.92 Å². The Morgan fingerprint density at radius 3 is 2.75 bits per heavy atom. The van der Waals surface area contributed by atoms with Crippen molar-refractivity contribution in [1.82, 2.24) is 14.8 Å². The van der Waals surface area contributed by atoms with Crippen LogP contribution < -0.4 is 0 Å². The van der Waals surface area contributed by atoms with Gasteiger partial charge in [0.1, 0.15) is 0 Å². The maximum absolute atomic E-state index is 4.36. The van der Waals surface area contributed by atoms with E-state index in [4.69, 9.17) is 0 Å². The number of hydrogen-bond donors (Lipinski definition) is 0. The Balaban J connectivity index is 1.72. The van der Waals surface area contributed by atoms with Gasteiger partial charge in [0.15, 0.2) is 0 Å². The van der Waals surface area contributed by atoms with Crippen molar-refractivity contribution in [2.24, 2.45) is 0 Å². The quantitative estimate of drug-likeness (QED) is 0.865. The van der Waals surface area contributed by atoms with Crippen molar-refractivity contribution in [3.8, 4) is 0 Å². The van der Waals surface area contributed by atoms with E-state index in [0.29, 0.717) is 6.04 Å². The molecule has 1 fully saturated rings. The Kier molecular flexibility index (Phi) is 4.15. The average Bonchev–Trinajstić information content (AvgIpc) is 2.87. The smallest absolute Gasteiger partial charge is 0.0798 e. The molecule has 0 saturated carbocycles. The Labute approximate surface area is 124 Å². The summed E-state index contributed by atoms with van der Waals surface area (Å²) in [4.78, 5) is 10.8. The normalized spacial score (nSPS) is 21.2. The summed E-state index contributed by atoms with van der Waals surface area (Å²) in [7, 11) is 2.23. The van der Waals surface area contributed by atoms with Crippen LogP contribution in [0.1, 0.15) is 22.2 Å². The maximum atomic E-state index is 4.36. The first-order valence-corrected chi connectivity index (χ1v) is 7.98. The summed E-state index contributed by atoms with van der Waals surface area (Å²) in [6.45, 7) is 6.50. The van der Waals surface area contributed by atoms with E-state index < -0.39 is 0 Å². The van der Waals surface area contributed by atoms with Crippen molar-refractivity contribution in [3.63, 3.8) is 0 Å². The highest BCUT2D eigenvalue weighted by atomic mass is 32.1. The lowest BCUT2D eigenvalue weighted by Gasteiger charge is -2.39. The van der Waals surface area contributed by atoms with E-state index in [9.17, 15) is 0 Å². The lowest BCUT2D eigenvalue weighted by atomic mass is 10.0. The zero-order valence-corrected chi connectivity index (χ0v) is 12.9. The molecule has 1 aromatic heterocycles. The van der Waals surface area contributed by atoms with Gasteiger partial charge in [-0.2, -0.15) is 0 Å². The van der Waals surface area contributed by atoms with Crippen LogP contribution in [0.4, 0.5) is 0 Å². The summed E-state index contributed by atoms with van der Waals surface area (Å²) >= 11 is 1.77. The molecule has 0 N–H and O–H groups in total. The molecule has 106 valence electrons. The maximum Gasteiger partial charge on any atom is 0.0798 e. The number of hydrogen-bond acceptors (Lipinski definition) is 4. The number of rotatable bonds is 3. The zero-order chi connectivity index (χ0) is 13.9. The van der Waals surface area contributed by atoms with E-state index >= 15 is 0 Å². The first-order chi connectivity index (χ1) is 9.74. The Morgan fingerprint density at radius 1 is 1.25 bits per heavy atom. The molecule has 3 rings (SSSR count). The fourth-order valence-electron chi connectivity index (χ4n) is 2.79. The molecule has 0 bridgehead atoms. The standard InChI is InChI=1S/C16H21N3S/c1-13-16(20-12-17-13)11-19-9-8-18(2)15(10-19)14-6-4-3-5-7-14/h3-7,12,15H,8-11H2,1-2H3/t15-/m1/s1. The Morgan fingerprint density at radius 2 is 2.05 bits per heavy atom. The summed E-state index contributed by atoms with van der Waals surface area (Å²) in [5.74, 6) is 0. The molecule has 1 saturated heterocycles. The third kappa shape index (κ3) is 2.92. The van der Waals surface area contributed by atoms with Gasteiger partial charge in [0, 0.05) is 37.1 Å². The first-order valence-electron chi connectivity index (χ1n) is 7.10.